The molecular formula is C20H22N4O4. The molecular weight excluding hydrogens is 360 g/mol. The fourth-order valence-electron chi connectivity index (χ4n) is 4.18. The van der Waals surface area contributed by atoms with Crippen molar-refractivity contribution in [1.82, 2.24) is 20.0 Å². The van der Waals surface area contributed by atoms with E-state index in [1.54, 1.807) is 0 Å². The molecule has 2 N–H and O–H groups in total. The summed E-state index contributed by atoms with van der Waals surface area (Å²) in [7, 11) is 2.13. The van der Waals surface area contributed by atoms with Crippen LogP contribution in [0.25, 0.3) is 22.2 Å². The number of furan rings is 1. The Labute approximate surface area is 161 Å². The summed E-state index contributed by atoms with van der Waals surface area (Å²) >= 11 is 0. The van der Waals surface area contributed by atoms with Gasteiger partial charge in [-0.15, -0.1) is 0 Å². The summed E-state index contributed by atoms with van der Waals surface area (Å²) in [5.74, 6) is 1.74. The van der Waals surface area contributed by atoms with Crippen molar-refractivity contribution in [2.24, 2.45) is 0 Å². The third-order valence-corrected chi connectivity index (χ3v) is 5.57. The number of carbonyl (C=O) groups excluding carboxylic acids is 1. The third-order valence-electron chi connectivity index (χ3n) is 5.57. The number of likely N-dealkylation sites (tertiary alicyclic amines) is 2. The summed E-state index contributed by atoms with van der Waals surface area (Å²) in [5, 5.41) is 15.1. The first-order chi connectivity index (χ1) is 13.5. The zero-order chi connectivity index (χ0) is 19.8. The summed E-state index contributed by atoms with van der Waals surface area (Å²) in [4.78, 5) is 25.7. The first-order valence-electron chi connectivity index (χ1n) is 9.15. The minimum Gasteiger partial charge on any atom is -0.483 e. The number of aromatic nitrogens is 2. The molecule has 146 valence electrons. The monoisotopic (exact) mass is 382 g/mol. The highest BCUT2D eigenvalue weighted by Crippen LogP contribution is 2.32. The van der Waals surface area contributed by atoms with Crippen LogP contribution in [-0.4, -0.2) is 69.7 Å². The van der Waals surface area contributed by atoms with E-state index in [1.165, 1.54) is 0 Å². The maximum atomic E-state index is 13.0. The van der Waals surface area contributed by atoms with Crippen LogP contribution in [0.4, 0.5) is 0 Å². The number of carbonyl (C=O) groups is 2. The van der Waals surface area contributed by atoms with Gasteiger partial charge in [0.1, 0.15) is 11.5 Å². The van der Waals surface area contributed by atoms with Crippen LogP contribution < -0.4 is 0 Å². The Morgan fingerprint density at radius 3 is 2.68 bits per heavy atom. The predicted octanol–water partition coefficient (Wildman–Crippen LogP) is 2.36. The zero-order valence-corrected chi connectivity index (χ0v) is 15.8. The van der Waals surface area contributed by atoms with Gasteiger partial charge in [0.05, 0.1) is 5.52 Å². The third kappa shape index (κ3) is 3.05. The van der Waals surface area contributed by atoms with Gasteiger partial charge in [-0.3, -0.25) is 19.6 Å². The van der Waals surface area contributed by atoms with Crippen molar-refractivity contribution in [1.29, 1.82) is 0 Å². The average Bonchev–Trinajstić information content (AvgIpc) is 3.44. The number of hydrogen-bond acceptors (Lipinski definition) is 5. The number of amides is 1. The van der Waals surface area contributed by atoms with E-state index >= 15 is 0 Å². The van der Waals surface area contributed by atoms with Gasteiger partial charge < -0.3 is 14.4 Å². The van der Waals surface area contributed by atoms with Crippen LogP contribution in [0.5, 0.6) is 0 Å². The first-order valence-corrected chi connectivity index (χ1v) is 9.15. The second-order valence-corrected chi connectivity index (χ2v) is 7.29. The van der Waals surface area contributed by atoms with Gasteiger partial charge in [0.15, 0.2) is 5.69 Å². The largest absolute Gasteiger partial charge is 0.483 e. The predicted molar refractivity (Wildman–Crippen MR) is 103 cm³/mol. The van der Waals surface area contributed by atoms with Crippen molar-refractivity contribution in [2.75, 3.05) is 20.1 Å². The molecule has 0 unspecified atom stereocenters. The molecule has 2 aliphatic heterocycles. The van der Waals surface area contributed by atoms with E-state index in [-0.39, 0.29) is 12.4 Å². The van der Waals surface area contributed by atoms with E-state index < -0.39 is 0 Å². The number of likely N-dealkylation sites (N-methyl/N-ethyl adjacent to an activating group) is 1. The minimum atomic E-state index is -0.250. The summed E-state index contributed by atoms with van der Waals surface area (Å²) in [5.41, 5.74) is 2.36. The van der Waals surface area contributed by atoms with Gasteiger partial charge >= 0.3 is 0 Å². The van der Waals surface area contributed by atoms with Gasteiger partial charge in [-0.05, 0) is 44.7 Å². The van der Waals surface area contributed by atoms with E-state index in [4.69, 9.17) is 14.3 Å². The molecule has 1 amide bonds. The van der Waals surface area contributed by atoms with Gasteiger partial charge in [0.2, 0.25) is 0 Å². The van der Waals surface area contributed by atoms with Crippen molar-refractivity contribution >= 4 is 23.3 Å². The Bertz CT molecular complexity index is 1020. The Morgan fingerprint density at radius 1 is 1.29 bits per heavy atom. The number of aryl methyl sites for hydroxylation is 1. The maximum Gasteiger partial charge on any atom is 0.290 e. The van der Waals surface area contributed by atoms with E-state index in [0.717, 1.165) is 47.5 Å². The first kappa shape index (κ1) is 18.2. The molecule has 8 heteroatoms. The smallest absolute Gasteiger partial charge is 0.290 e. The lowest BCUT2D eigenvalue weighted by Gasteiger charge is -2.31. The molecule has 8 nitrogen and oxygen atoms in total. The lowest BCUT2D eigenvalue weighted by molar-refractivity contribution is -0.122. The molecule has 2 aliphatic rings. The standard InChI is InChI=1S/C19H20N4O2.CH2O2/c1-11-3-6-17(25-11)12-4-5-15-16(7-12)20-21-18(15)19(24)23-10-13-8-14(23)9-22(13)2;2-1-3/h3-7,13-14H,8-10H2,1-2H3,(H,20,21);1H,(H,2,3)/t13-,14-;/m0./s1. The van der Waals surface area contributed by atoms with Crippen LogP contribution >= 0.6 is 0 Å². The zero-order valence-electron chi connectivity index (χ0n) is 15.8. The van der Waals surface area contributed by atoms with Crippen molar-refractivity contribution in [3.63, 3.8) is 0 Å². The molecule has 4 heterocycles. The van der Waals surface area contributed by atoms with E-state index in [0.29, 0.717) is 17.8 Å². The number of carboxylic acid groups (broad SMARTS) is 1. The van der Waals surface area contributed by atoms with Crippen LogP contribution in [0.2, 0.25) is 0 Å². The number of H-pyrrole nitrogens is 1. The summed E-state index contributed by atoms with van der Waals surface area (Å²) in [6.45, 7) is 3.44. The van der Waals surface area contributed by atoms with Crippen LogP contribution in [0.3, 0.4) is 0 Å². The Hall–Kier alpha value is -3.13. The van der Waals surface area contributed by atoms with Gasteiger partial charge in [0, 0.05) is 36.1 Å². The van der Waals surface area contributed by atoms with Crippen LogP contribution in [-0.2, 0) is 4.79 Å². The molecule has 1 aromatic carbocycles. The molecule has 3 aromatic rings. The van der Waals surface area contributed by atoms with Crippen LogP contribution in [0, 0.1) is 6.92 Å². The molecule has 2 saturated heterocycles. The number of nitrogens with zero attached hydrogens (tertiary/aromatic N) is 3. The Balaban J connectivity index is 0.000000604. The highest BCUT2D eigenvalue weighted by atomic mass is 16.3. The normalized spacial score (nSPS) is 21.0. The number of aromatic amines is 1. The summed E-state index contributed by atoms with van der Waals surface area (Å²) in [6, 6.07) is 10.6. The number of hydrogen-bond donors (Lipinski definition) is 2. The number of piperazine rings is 1. The summed E-state index contributed by atoms with van der Waals surface area (Å²) < 4.78 is 5.68. The molecule has 0 radical (unpaired) electrons. The molecule has 2 bridgehead atoms. The highest BCUT2D eigenvalue weighted by Gasteiger charge is 2.44. The van der Waals surface area contributed by atoms with Crippen molar-refractivity contribution < 1.29 is 19.1 Å². The van der Waals surface area contributed by atoms with Gasteiger partial charge in [-0.2, -0.15) is 5.10 Å². The summed E-state index contributed by atoms with van der Waals surface area (Å²) in [6.07, 6.45) is 1.08. The number of rotatable bonds is 2. The molecule has 0 aliphatic carbocycles. The number of fused-ring (bicyclic) bond motifs is 3. The van der Waals surface area contributed by atoms with E-state index in [1.807, 2.05) is 42.2 Å². The highest BCUT2D eigenvalue weighted by molar-refractivity contribution is 6.05. The van der Waals surface area contributed by atoms with Crippen LogP contribution in [0.1, 0.15) is 22.7 Å². The molecule has 2 atom stereocenters. The molecule has 0 saturated carbocycles. The van der Waals surface area contributed by atoms with Crippen molar-refractivity contribution in [3.8, 4) is 11.3 Å². The second-order valence-electron chi connectivity index (χ2n) is 7.29. The van der Waals surface area contributed by atoms with Gasteiger partial charge in [-0.25, -0.2) is 0 Å². The van der Waals surface area contributed by atoms with Crippen LogP contribution in [0.15, 0.2) is 34.7 Å². The van der Waals surface area contributed by atoms with Crippen molar-refractivity contribution in [2.45, 2.75) is 25.4 Å². The molecule has 0 spiro atoms. The fourth-order valence-corrected chi connectivity index (χ4v) is 4.18. The molecule has 2 fully saturated rings. The minimum absolute atomic E-state index is 0.0356. The number of nitrogens with one attached hydrogen (secondary N) is 1. The van der Waals surface area contributed by atoms with Gasteiger partial charge in [-0.1, -0.05) is 6.07 Å². The second kappa shape index (κ2) is 7.12. The van der Waals surface area contributed by atoms with E-state index in [9.17, 15) is 4.79 Å². The molecule has 5 rings (SSSR count). The van der Waals surface area contributed by atoms with Crippen molar-refractivity contribution in [3.05, 3.63) is 41.8 Å². The Kier molecular flexibility index (Phi) is 4.64. The Morgan fingerprint density at radius 2 is 2.07 bits per heavy atom. The molecule has 28 heavy (non-hydrogen) atoms. The lowest BCUT2D eigenvalue weighted by Crippen LogP contribution is -2.47. The topological polar surface area (TPSA) is 103 Å². The molecule has 2 aromatic heterocycles. The SMILES string of the molecule is Cc1ccc(-c2ccc3c(C(=O)N4C[C@@H]5C[C@H]4CN5C)n[nH]c3c2)o1.O=CO. The quantitative estimate of drug-likeness (QED) is 0.660. The maximum absolute atomic E-state index is 13.0. The van der Waals surface area contributed by atoms with Gasteiger partial charge in [0.25, 0.3) is 12.4 Å². The van der Waals surface area contributed by atoms with E-state index in [2.05, 4.69) is 22.1 Å². The fraction of sp³-hybridized carbons (Fsp3) is 0.350. The lowest BCUT2D eigenvalue weighted by atomic mass is 10.1. The average molecular weight is 382 g/mol. The number of benzene rings is 1.